The van der Waals surface area contributed by atoms with Crippen LogP contribution in [0.4, 0.5) is 0 Å². The van der Waals surface area contributed by atoms with Crippen LogP contribution in [-0.4, -0.2) is 11.1 Å². The zero-order valence-corrected chi connectivity index (χ0v) is 12.9. The molecule has 0 bridgehead atoms. The van der Waals surface area contributed by atoms with Crippen molar-refractivity contribution >= 4 is 5.97 Å². The highest BCUT2D eigenvalue weighted by Crippen LogP contribution is 2.08. The number of hydrogen-bond acceptors (Lipinski definition) is 1. The highest BCUT2D eigenvalue weighted by molar-refractivity contribution is 5.80. The first-order chi connectivity index (χ1) is 9.77. The van der Waals surface area contributed by atoms with Crippen molar-refractivity contribution in [1.82, 2.24) is 0 Å². The third-order valence-electron chi connectivity index (χ3n) is 3.12. The Labute approximate surface area is 124 Å². The van der Waals surface area contributed by atoms with Crippen LogP contribution >= 0.6 is 0 Å². The topological polar surface area (TPSA) is 37.3 Å². The minimum Gasteiger partial charge on any atom is -0.478 e. The smallest absolute Gasteiger partial charge is 0.328 e. The van der Waals surface area contributed by atoms with Crippen LogP contribution < -0.4 is 0 Å². The normalized spacial score (nSPS) is 12.1. The van der Waals surface area contributed by atoms with Crippen molar-refractivity contribution in [1.29, 1.82) is 0 Å². The molecule has 114 valence electrons. The van der Waals surface area contributed by atoms with Crippen molar-refractivity contribution in [3.63, 3.8) is 0 Å². The Morgan fingerprint density at radius 3 is 1.95 bits per heavy atom. The lowest BCUT2D eigenvalue weighted by molar-refractivity contribution is -0.131. The van der Waals surface area contributed by atoms with E-state index >= 15 is 0 Å². The quantitative estimate of drug-likeness (QED) is 0.204. The van der Waals surface area contributed by atoms with E-state index < -0.39 is 5.97 Å². The van der Waals surface area contributed by atoms with Crippen LogP contribution in [0.1, 0.15) is 71.1 Å². The highest BCUT2D eigenvalue weighted by Gasteiger charge is 1.89. The fraction of sp³-hybridized carbons (Fsp3) is 0.611. The van der Waals surface area contributed by atoms with Gasteiger partial charge in [0.1, 0.15) is 0 Å². The van der Waals surface area contributed by atoms with Gasteiger partial charge in [-0.1, -0.05) is 69.4 Å². The molecule has 0 aliphatic rings. The lowest BCUT2D eigenvalue weighted by Crippen LogP contribution is -1.84. The molecule has 1 N–H and O–H groups in total. The molecule has 0 aliphatic carbocycles. The SMILES string of the molecule is CCCCC=CCCCCCCC/C=C/C=CC(=O)O. The third kappa shape index (κ3) is 16.7. The van der Waals surface area contributed by atoms with Crippen molar-refractivity contribution in [2.24, 2.45) is 0 Å². The molecule has 20 heavy (non-hydrogen) atoms. The second-order valence-corrected chi connectivity index (χ2v) is 5.08. The van der Waals surface area contributed by atoms with E-state index in [2.05, 4.69) is 19.1 Å². The molecule has 0 saturated carbocycles. The Kier molecular flexibility index (Phi) is 14.7. The molecule has 0 aromatic carbocycles. The van der Waals surface area contributed by atoms with Gasteiger partial charge in [-0.05, 0) is 32.1 Å². The predicted molar refractivity (Wildman–Crippen MR) is 86.9 cm³/mol. The van der Waals surface area contributed by atoms with Crippen molar-refractivity contribution in [3.05, 3.63) is 36.5 Å². The van der Waals surface area contributed by atoms with Crippen molar-refractivity contribution in [2.45, 2.75) is 71.1 Å². The lowest BCUT2D eigenvalue weighted by atomic mass is 10.1. The molecule has 2 nitrogen and oxygen atoms in total. The largest absolute Gasteiger partial charge is 0.478 e. The number of rotatable bonds is 13. The van der Waals surface area contributed by atoms with Crippen LogP contribution in [0.2, 0.25) is 0 Å². The summed E-state index contributed by atoms with van der Waals surface area (Å²) in [5, 5.41) is 8.39. The molecule has 0 aromatic heterocycles. The Bertz CT molecular complexity index is 301. The van der Waals surface area contributed by atoms with Gasteiger partial charge in [0.15, 0.2) is 0 Å². The molecule has 0 heterocycles. The van der Waals surface area contributed by atoms with Gasteiger partial charge >= 0.3 is 5.97 Å². The summed E-state index contributed by atoms with van der Waals surface area (Å²) in [6.07, 6.45) is 23.7. The zero-order chi connectivity index (χ0) is 14.9. The molecule has 0 unspecified atom stereocenters. The minimum atomic E-state index is -0.890. The van der Waals surface area contributed by atoms with Crippen LogP contribution in [0.25, 0.3) is 0 Å². The van der Waals surface area contributed by atoms with E-state index in [9.17, 15) is 4.79 Å². The average Bonchev–Trinajstić information content (AvgIpc) is 2.43. The molecule has 0 fully saturated rings. The number of carboxylic acids is 1. The first-order valence-electron chi connectivity index (χ1n) is 7.98. The number of allylic oxidation sites excluding steroid dienone is 5. The van der Waals surface area contributed by atoms with Gasteiger partial charge < -0.3 is 5.11 Å². The zero-order valence-electron chi connectivity index (χ0n) is 12.9. The number of unbranched alkanes of at least 4 members (excludes halogenated alkanes) is 8. The van der Waals surface area contributed by atoms with E-state index in [-0.39, 0.29) is 0 Å². The molecule has 0 radical (unpaired) electrons. The summed E-state index contributed by atoms with van der Waals surface area (Å²) in [5.41, 5.74) is 0. The number of aliphatic carboxylic acids is 1. The predicted octanol–water partition coefficient (Wildman–Crippen LogP) is 5.66. The molecule has 0 atom stereocenters. The Morgan fingerprint density at radius 1 is 0.800 bits per heavy atom. The van der Waals surface area contributed by atoms with Gasteiger partial charge in [0.25, 0.3) is 0 Å². The second kappa shape index (κ2) is 15.7. The maximum atomic E-state index is 10.2. The van der Waals surface area contributed by atoms with Gasteiger partial charge in [-0.2, -0.15) is 0 Å². The highest BCUT2D eigenvalue weighted by atomic mass is 16.4. The standard InChI is InChI=1S/C18H30O2/c1-2-3-4-5-6-7-8-9-10-11-12-13-14-15-16-17-18(19)20/h5-6,14-17H,2-4,7-13H2,1H3,(H,19,20)/b6-5?,15-14+,17-16?. The summed E-state index contributed by atoms with van der Waals surface area (Å²) in [5.74, 6) is -0.890. The summed E-state index contributed by atoms with van der Waals surface area (Å²) >= 11 is 0. The number of hydrogen-bond donors (Lipinski definition) is 1. The van der Waals surface area contributed by atoms with E-state index in [1.54, 1.807) is 6.08 Å². The van der Waals surface area contributed by atoms with Crippen LogP contribution in [0.15, 0.2) is 36.5 Å². The van der Waals surface area contributed by atoms with Crippen molar-refractivity contribution < 1.29 is 9.90 Å². The average molecular weight is 278 g/mol. The summed E-state index contributed by atoms with van der Waals surface area (Å²) in [6.45, 7) is 2.23. The van der Waals surface area contributed by atoms with Gasteiger partial charge in [0.2, 0.25) is 0 Å². The van der Waals surface area contributed by atoms with Gasteiger partial charge in [0, 0.05) is 6.08 Å². The summed E-state index contributed by atoms with van der Waals surface area (Å²) < 4.78 is 0. The second-order valence-electron chi connectivity index (χ2n) is 5.08. The van der Waals surface area contributed by atoms with Crippen LogP contribution in [-0.2, 0) is 4.79 Å². The van der Waals surface area contributed by atoms with Crippen LogP contribution in [0, 0.1) is 0 Å². The molecule has 0 rings (SSSR count). The molecule has 0 saturated heterocycles. The van der Waals surface area contributed by atoms with E-state index in [0.717, 1.165) is 12.5 Å². The van der Waals surface area contributed by atoms with E-state index in [1.807, 2.05) is 12.2 Å². The molecule has 0 amide bonds. The Balaban J connectivity index is 3.21. The Morgan fingerprint density at radius 2 is 1.35 bits per heavy atom. The third-order valence-corrected chi connectivity index (χ3v) is 3.12. The van der Waals surface area contributed by atoms with Gasteiger partial charge in [-0.3, -0.25) is 0 Å². The van der Waals surface area contributed by atoms with Gasteiger partial charge in [-0.15, -0.1) is 0 Å². The fourth-order valence-corrected chi connectivity index (χ4v) is 1.93. The van der Waals surface area contributed by atoms with Crippen molar-refractivity contribution in [3.8, 4) is 0 Å². The first kappa shape index (κ1) is 18.7. The van der Waals surface area contributed by atoms with E-state index in [1.165, 1.54) is 57.8 Å². The van der Waals surface area contributed by atoms with Gasteiger partial charge in [0.05, 0.1) is 0 Å². The molecule has 0 aromatic rings. The summed E-state index contributed by atoms with van der Waals surface area (Å²) in [6, 6.07) is 0. The monoisotopic (exact) mass is 278 g/mol. The maximum absolute atomic E-state index is 10.2. The number of carbonyl (C=O) groups is 1. The maximum Gasteiger partial charge on any atom is 0.328 e. The van der Waals surface area contributed by atoms with Gasteiger partial charge in [-0.25, -0.2) is 4.79 Å². The molecule has 0 aliphatic heterocycles. The molecular weight excluding hydrogens is 248 g/mol. The van der Waals surface area contributed by atoms with E-state index in [0.29, 0.717) is 0 Å². The fourth-order valence-electron chi connectivity index (χ4n) is 1.93. The lowest BCUT2D eigenvalue weighted by Gasteiger charge is -1.98. The first-order valence-corrected chi connectivity index (χ1v) is 7.98. The molecule has 2 heteroatoms. The summed E-state index contributed by atoms with van der Waals surface area (Å²) in [7, 11) is 0. The van der Waals surface area contributed by atoms with E-state index in [4.69, 9.17) is 5.11 Å². The van der Waals surface area contributed by atoms with Crippen molar-refractivity contribution in [2.75, 3.05) is 0 Å². The van der Waals surface area contributed by atoms with Crippen LogP contribution in [0.5, 0.6) is 0 Å². The number of carboxylic acid groups (broad SMARTS) is 1. The minimum absolute atomic E-state index is 0.890. The molecular formula is C18H30O2. The molecule has 0 spiro atoms. The van der Waals surface area contributed by atoms with Crippen LogP contribution in [0.3, 0.4) is 0 Å². The summed E-state index contributed by atoms with van der Waals surface area (Å²) in [4.78, 5) is 10.2. The Hall–Kier alpha value is -1.31.